The average Bonchev–Trinajstić information content (AvgIpc) is 2.39. The number of hydrogen-bond donors (Lipinski definition) is 1. The quantitative estimate of drug-likeness (QED) is 0.866. The summed E-state index contributed by atoms with van der Waals surface area (Å²) in [6.45, 7) is 6.65. The van der Waals surface area contributed by atoms with Gasteiger partial charge in [-0.05, 0) is 32.9 Å². The predicted molar refractivity (Wildman–Crippen MR) is 72.4 cm³/mol. The molecule has 1 heterocycles. The summed E-state index contributed by atoms with van der Waals surface area (Å²) in [7, 11) is -1.52. The highest BCUT2D eigenvalue weighted by Crippen LogP contribution is 2.17. The molecule has 5 nitrogen and oxygen atoms in total. The van der Waals surface area contributed by atoms with Crippen molar-refractivity contribution < 1.29 is 9.00 Å². The first-order valence-electron chi connectivity index (χ1n) is 5.92. The van der Waals surface area contributed by atoms with E-state index in [2.05, 4.69) is 4.98 Å². The zero-order chi connectivity index (χ0) is 13.7. The van der Waals surface area contributed by atoms with E-state index in [1.807, 2.05) is 13.8 Å². The van der Waals surface area contributed by atoms with Crippen molar-refractivity contribution in [3.63, 3.8) is 0 Å². The second-order valence-corrected chi connectivity index (χ2v) is 5.54. The molecular formula is C12H19N3O2S. The minimum atomic E-state index is -1.52. The van der Waals surface area contributed by atoms with Crippen molar-refractivity contribution in [3.05, 3.63) is 18.3 Å². The molecule has 18 heavy (non-hydrogen) atoms. The summed E-state index contributed by atoms with van der Waals surface area (Å²) in [4.78, 5) is 17.7. The van der Waals surface area contributed by atoms with E-state index in [1.54, 1.807) is 24.0 Å². The molecule has 0 bridgehead atoms. The van der Waals surface area contributed by atoms with Crippen molar-refractivity contribution in [1.82, 2.24) is 9.88 Å². The van der Waals surface area contributed by atoms with Crippen LogP contribution in [0.15, 0.2) is 23.4 Å². The van der Waals surface area contributed by atoms with Gasteiger partial charge in [0.15, 0.2) is 5.03 Å². The van der Waals surface area contributed by atoms with Crippen LogP contribution in [0.25, 0.3) is 0 Å². The van der Waals surface area contributed by atoms with Gasteiger partial charge in [0.25, 0.3) is 0 Å². The van der Waals surface area contributed by atoms with Crippen molar-refractivity contribution in [2.24, 2.45) is 0 Å². The maximum Gasteiger partial charge on any atom is 0.238 e. The van der Waals surface area contributed by atoms with E-state index in [-0.39, 0.29) is 10.9 Å². The monoisotopic (exact) mass is 269 g/mol. The zero-order valence-electron chi connectivity index (χ0n) is 10.9. The fraction of sp³-hybridized carbons (Fsp3) is 0.500. The maximum absolute atomic E-state index is 12.3. The molecule has 0 saturated heterocycles. The lowest BCUT2D eigenvalue weighted by Gasteiger charge is -2.22. The Kier molecular flexibility index (Phi) is 5.27. The van der Waals surface area contributed by atoms with Crippen LogP contribution in [0.1, 0.15) is 20.8 Å². The van der Waals surface area contributed by atoms with Crippen LogP contribution in [0.3, 0.4) is 0 Å². The molecule has 2 unspecified atom stereocenters. The highest BCUT2D eigenvalue weighted by atomic mass is 32.2. The molecule has 2 atom stereocenters. The minimum absolute atomic E-state index is 0.136. The van der Waals surface area contributed by atoms with Gasteiger partial charge in [-0.15, -0.1) is 0 Å². The molecule has 0 aliphatic carbocycles. The summed E-state index contributed by atoms with van der Waals surface area (Å²) in [5.74, 6) is -0.136. The van der Waals surface area contributed by atoms with Crippen LogP contribution >= 0.6 is 0 Å². The Morgan fingerprint density at radius 3 is 2.61 bits per heavy atom. The van der Waals surface area contributed by atoms with E-state index in [1.165, 1.54) is 6.20 Å². The average molecular weight is 269 g/mol. The van der Waals surface area contributed by atoms with Crippen molar-refractivity contribution in [2.75, 3.05) is 18.8 Å². The van der Waals surface area contributed by atoms with E-state index in [9.17, 15) is 9.00 Å². The molecule has 2 N–H and O–H groups in total. The van der Waals surface area contributed by atoms with E-state index in [0.29, 0.717) is 18.8 Å². The Morgan fingerprint density at radius 2 is 2.11 bits per heavy atom. The Balaban J connectivity index is 2.91. The smallest absolute Gasteiger partial charge is 0.238 e. The molecule has 0 saturated carbocycles. The number of hydrogen-bond acceptors (Lipinski definition) is 4. The van der Waals surface area contributed by atoms with E-state index in [4.69, 9.17) is 5.73 Å². The van der Waals surface area contributed by atoms with Crippen LogP contribution in [0, 0.1) is 0 Å². The number of nitrogen functional groups attached to an aromatic ring is 1. The van der Waals surface area contributed by atoms with Crippen molar-refractivity contribution >= 4 is 22.4 Å². The van der Waals surface area contributed by atoms with Crippen LogP contribution in [0.5, 0.6) is 0 Å². The molecule has 0 aliphatic rings. The summed E-state index contributed by atoms with van der Waals surface area (Å²) in [6, 6.07) is 3.31. The molecule has 100 valence electrons. The molecule has 0 aliphatic heterocycles. The molecule has 0 fully saturated rings. The Hall–Kier alpha value is -1.43. The first-order chi connectivity index (χ1) is 8.52. The van der Waals surface area contributed by atoms with Crippen molar-refractivity contribution in [3.8, 4) is 0 Å². The van der Waals surface area contributed by atoms with Crippen LogP contribution in [-0.4, -0.2) is 38.3 Å². The number of rotatable bonds is 5. The lowest BCUT2D eigenvalue weighted by Crippen LogP contribution is -2.39. The largest absolute Gasteiger partial charge is 0.396 e. The molecule has 0 spiro atoms. The predicted octanol–water partition coefficient (Wildman–Crippen LogP) is 1.03. The molecule has 0 aromatic carbocycles. The van der Waals surface area contributed by atoms with Gasteiger partial charge in [-0.1, -0.05) is 0 Å². The summed E-state index contributed by atoms with van der Waals surface area (Å²) < 4.78 is 12.3. The fourth-order valence-electron chi connectivity index (χ4n) is 1.62. The highest BCUT2D eigenvalue weighted by Gasteiger charge is 2.26. The number of nitrogens with zero attached hydrogens (tertiary/aromatic N) is 2. The number of amides is 1. The van der Waals surface area contributed by atoms with E-state index >= 15 is 0 Å². The number of pyridine rings is 1. The number of aromatic nitrogens is 1. The third kappa shape index (κ3) is 3.07. The summed E-state index contributed by atoms with van der Waals surface area (Å²) in [5.41, 5.74) is 6.08. The van der Waals surface area contributed by atoms with Gasteiger partial charge in [0, 0.05) is 19.3 Å². The van der Waals surface area contributed by atoms with E-state index in [0.717, 1.165) is 0 Å². The maximum atomic E-state index is 12.3. The van der Waals surface area contributed by atoms with Crippen molar-refractivity contribution in [2.45, 2.75) is 31.0 Å². The van der Waals surface area contributed by atoms with Crippen LogP contribution in [0.2, 0.25) is 0 Å². The second kappa shape index (κ2) is 6.49. The topological polar surface area (TPSA) is 76.3 Å². The first kappa shape index (κ1) is 14.6. The van der Waals surface area contributed by atoms with Crippen molar-refractivity contribution in [1.29, 1.82) is 0 Å². The van der Waals surface area contributed by atoms with Gasteiger partial charge < -0.3 is 10.6 Å². The van der Waals surface area contributed by atoms with Gasteiger partial charge in [0.1, 0.15) is 5.25 Å². The highest BCUT2D eigenvalue weighted by molar-refractivity contribution is 7.86. The fourth-order valence-corrected chi connectivity index (χ4v) is 2.75. The molecular weight excluding hydrogens is 250 g/mol. The summed E-state index contributed by atoms with van der Waals surface area (Å²) >= 11 is 0. The van der Waals surface area contributed by atoms with Crippen LogP contribution in [0.4, 0.5) is 5.69 Å². The second-order valence-electron chi connectivity index (χ2n) is 3.85. The summed E-state index contributed by atoms with van der Waals surface area (Å²) in [6.07, 6.45) is 1.53. The standard InChI is InChI=1S/C12H19N3O2S/c1-4-15(5-2)12(16)9(3)18(17)11-10(13)7-6-8-14-11/h6-9H,4-5,13H2,1-3H3. The molecule has 1 aromatic heterocycles. The molecule has 1 rings (SSSR count). The molecule has 0 radical (unpaired) electrons. The lowest BCUT2D eigenvalue weighted by atomic mass is 10.4. The zero-order valence-corrected chi connectivity index (χ0v) is 11.7. The molecule has 1 amide bonds. The third-order valence-corrected chi connectivity index (χ3v) is 4.30. The first-order valence-corrected chi connectivity index (χ1v) is 7.14. The van der Waals surface area contributed by atoms with Gasteiger partial charge in [0.05, 0.1) is 16.5 Å². The lowest BCUT2D eigenvalue weighted by molar-refractivity contribution is -0.129. The van der Waals surface area contributed by atoms with E-state index < -0.39 is 16.0 Å². The Labute approximate surface area is 110 Å². The molecule has 6 heteroatoms. The van der Waals surface area contributed by atoms with Gasteiger partial charge in [-0.25, -0.2) is 4.98 Å². The van der Waals surface area contributed by atoms with Crippen LogP contribution in [-0.2, 0) is 15.6 Å². The normalized spacial score (nSPS) is 13.9. The number of carbonyl (C=O) groups excluding carboxylic acids is 1. The van der Waals surface area contributed by atoms with Crippen LogP contribution < -0.4 is 5.73 Å². The number of anilines is 1. The van der Waals surface area contributed by atoms with Gasteiger partial charge in [-0.2, -0.15) is 0 Å². The van der Waals surface area contributed by atoms with Gasteiger partial charge in [-0.3, -0.25) is 9.00 Å². The Bertz CT molecular complexity index is 447. The minimum Gasteiger partial charge on any atom is -0.396 e. The summed E-state index contributed by atoms with van der Waals surface area (Å²) in [5, 5.41) is -0.354. The number of carbonyl (C=O) groups is 1. The SMILES string of the molecule is CCN(CC)C(=O)C(C)S(=O)c1ncccc1N. The third-order valence-electron chi connectivity index (χ3n) is 2.74. The number of nitrogens with two attached hydrogens (primary N) is 1. The molecule has 1 aromatic rings. The van der Waals surface area contributed by atoms with Gasteiger partial charge >= 0.3 is 0 Å². The Morgan fingerprint density at radius 1 is 1.50 bits per heavy atom. The van der Waals surface area contributed by atoms with Gasteiger partial charge in [0.2, 0.25) is 5.91 Å².